The molecular formula is C25H28ClN5O3. The van der Waals surface area contributed by atoms with Crippen molar-refractivity contribution in [3.8, 4) is 0 Å². The number of nitrogens with one attached hydrogen (secondary N) is 2. The fourth-order valence-corrected chi connectivity index (χ4v) is 4.84. The molecular weight excluding hydrogens is 454 g/mol. The quantitative estimate of drug-likeness (QED) is 0.582. The van der Waals surface area contributed by atoms with E-state index in [0.717, 1.165) is 61.4 Å². The molecule has 0 saturated carbocycles. The maximum Gasteiger partial charge on any atom is 0.251 e. The second-order valence-corrected chi connectivity index (χ2v) is 9.43. The first-order chi connectivity index (χ1) is 16.5. The number of carbonyl (C=O) groups is 1. The van der Waals surface area contributed by atoms with Crippen molar-refractivity contribution in [2.75, 3.05) is 44.3 Å². The van der Waals surface area contributed by atoms with Crippen LogP contribution in [0.3, 0.4) is 0 Å². The number of anilines is 1. The molecule has 4 heterocycles. The Morgan fingerprint density at radius 1 is 1.24 bits per heavy atom. The number of amides is 1. The number of carbonyl (C=O) groups excluding carboxylic acids is 1. The van der Waals surface area contributed by atoms with Crippen molar-refractivity contribution >= 4 is 34.2 Å². The molecule has 2 aliphatic rings. The van der Waals surface area contributed by atoms with Crippen LogP contribution >= 0.6 is 11.6 Å². The van der Waals surface area contributed by atoms with Crippen LogP contribution in [-0.2, 0) is 11.3 Å². The number of hydrogen-bond donors (Lipinski definition) is 2. The average molecular weight is 482 g/mol. The van der Waals surface area contributed by atoms with Crippen LogP contribution in [0.4, 0.5) is 5.69 Å². The summed E-state index contributed by atoms with van der Waals surface area (Å²) < 4.78 is 5.32. The van der Waals surface area contributed by atoms with Crippen molar-refractivity contribution in [2.24, 2.45) is 0 Å². The van der Waals surface area contributed by atoms with E-state index in [1.54, 1.807) is 13.0 Å². The van der Waals surface area contributed by atoms with Gasteiger partial charge in [-0.2, -0.15) is 0 Å². The van der Waals surface area contributed by atoms with E-state index in [2.05, 4.69) is 25.1 Å². The van der Waals surface area contributed by atoms with Crippen molar-refractivity contribution in [2.45, 2.75) is 25.9 Å². The van der Waals surface area contributed by atoms with Crippen molar-refractivity contribution in [1.82, 2.24) is 20.2 Å². The zero-order valence-electron chi connectivity index (χ0n) is 19.1. The molecule has 1 aromatic carbocycles. The van der Waals surface area contributed by atoms with Crippen LogP contribution in [0.15, 0.2) is 41.3 Å². The van der Waals surface area contributed by atoms with Gasteiger partial charge in [0.05, 0.1) is 34.4 Å². The average Bonchev–Trinajstić information content (AvgIpc) is 3.34. The van der Waals surface area contributed by atoms with Gasteiger partial charge in [-0.25, -0.2) is 0 Å². The summed E-state index contributed by atoms with van der Waals surface area (Å²) in [5.41, 5.74) is 4.74. The molecule has 34 heavy (non-hydrogen) atoms. The second-order valence-electron chi connectivity index (χ2n) is 9.02. The Kier molecular flexibility index (Phi) is 6.54. The first-order valence-electron chi connectivity index (χ1n) is 11.6. The van der Waals surface area contributed by atoms with E-state index in [-0.39, 0.29) is 17.5 Å². The summed E-state index contributed by atoms with van der Waals surface area (Å²) in [6.07, 6.45) is 2.72. The summed E-state index contributed by atoms with van der Waals surface area (Å²) in [6.45, 7) is 7.23. The monoisotopic (exact) mass is 481 g/mol. The molecule has 1 amide bonds. The molecule has 2 aliphatic heterocycles. The van der Waals surface area contributed by atoms with E-state index >= 15 is 0 Å². The largest absolute Gasteiger partial charge is 0.379 e. The number of fused-ring (bicyclic) bond motifs is 1. The predicted molar refractivity (Wildman–Crippen MR) is 133 cm³/mol. The lowest BCUT2D eigenvalue weighted by atomic mass is 10.1. The summed E-state index contributed by atoms with van der Waals surface area (Å²) in [5.74, 6) is -0.116. The number of rotatable bonds is 5. The second kappa shape index (κ2) is 9.74. The Hall–Kier alpha value is -2.94. The highest BCUT2D eigenvalue weighted by Gasteiger charge is 2.22. The first-order valence-corrected chi connectivity index (χ1v) is 12.0. The molecule has 8 nitrogen and oxygen atoms in total. The Morgan fingerprint density at radius 3 is 2.79 bits per heavy atom. The minimum Gasteiger partial charge on any atom is -0.379 e. The number of halogens is 1. The van der Waals surface area contributed by atoms with E-state index in [1.807, 2.05) is 30.5 Å². The van der Waals surface area contributed by atoms with Gasteiger partial charge in [0, 0.05) is 56.7 Å². The zero-order valence-corrected chi connectivity index (χ0v) is 19.9. The number of benzene rings is 1. The van der Waals surface area contributed by atoms with E-state index in [1.165, 1.54) is 0 Å². The Morgan fingerprint density at radius 2 is 2.06 bits per heavy atom. The molecule has 0 aliphatic carbocycles. The number of hydrogen-bond acceptors (Lipinski definition) is 6. The number of nitrogens with zero attached hydrogens (tertiary/aromatic N) is 3. The third kappa shape index (κ3) is 4.94. The fourth-order valence-electron chi connectivity index (χ4n) is 4.54. The van der Waals surface area contributed by atoms with Gasteiger partial charge < -0.3 is 19.9 Å². The van der Waals surface area contributed by atoms with Gasteiger partial charge in [0.25, 0.3) is 11.5 Å². The van der Waals surface area contributed by atoms with Gasteiger partial charge in [0.2, 0.25) is 0 Å². The molecule has 2 N–H and O–H groups in total. The van der Waals surface area contributed by atoms with E-state index in [9.17, 15) is 9.59 Å². The minimum atomic E-state index is -0.116. The third-order valence-electron chi connectivity index (χ3n) is 6.53. The Labute approximate surface area is 202 Å². The van der Waals surface area contributed by atoms with Gasteiger partial charge in [-0.05, 0) is 49.2 Å². The molecule has 3 aromatic rings. The van der Waals surface area contributed by atoms with E-state index < -0.39 is 0 Å². The van der Waals surface area contributed by atoms with Gasteiger partial charge >= 0.3 is 0 Å². The maximum atomic E-state index is 12.5. The molecule has 1 atom stereocenters. The number of aromatic amines is 1. The number of piperazine rings is 1. The van der Waals surface area contributed by atoms with Gasteiger partial charge in [-0.15, -0.1) is 0 Å². The molecule has 2 fully saturated rings. The molecule has 0 radical (unpaired) electrons. The lowest BCUT2D eigenvalue weighted by Gasteiger charge is -2.36. The topological polar surface area (TPSA) is 90.6 Å². The van der Waals surface area contributed by atoms with Crippen LogP contribution < -0.4 is 15.8 Å². The molecule has 0 spiro atoms. The number of pyridine rings is 2. The number of aromatic nitrogens is 2. The fraction of sp³-hybridized carbons (Fsp3) is 0.400. The van der Waals surface area contributed by atoms with Crippen LogP contribution in [0.25, 0.3) is 11.0 Å². The molecule has 2 aromatic heterocycles. The number of aryl methyl sites for hydroxylation is 1. The first kappa shape index (κ1) is 22.8. The summed E-state index contributed by atoms with van der Waals surface area (Å²) in [4.78, 5) is 36.5. The van der Waals surface area contributed by atoms with Crippen molar-refractivity contribution in [3.63, 3.8) is 0 Å². The molecule has 2 saturated heterocycles. The van der Waals surface area contributed by atoms with Crippen LogP contribution in [0.2, 0.25) is 5.02 Å². The van der Waals surface area contributed by atoms with E-state index in [4.69, 9.17) is 16.3 Å². The van der Waals surface area contributed by atoms with Gasteiger partial charge in [-0.1, -0.05) is 11.6 Å². The van der Waals surface area contributed by atoms with E-state index in [0.29, 0.717) is 29.4 Å². The van der Waals surface area contributed by atoms with Crippen molar-refractivity contribution < 1.29 is 9.53 Å². The number of H-pyrrole nitrogens is 1. The molecule has 5 rings (SSSR count). The summed E-state index contributed by atoms with van der Waals surface area (Å²) >= 11 is 6.57. The van der Waals surface area contributed by atoms with Gasteiger partial charge in [0.15, 0.2) is 0 Å². The van der Waals surface area contributed by atoms with Crippen LogP contribution in [0.5, 0.6) is 0 Å². The van der Waals surface area contributed by atoms with Crippen LogP contribution in [-0.4, -0.2) is 66.2 Å². The highest BCUT2D eigenvalue weighted by atomic mass is 35.5. The summed E-state index contributed by atoms with van der Waals surface area (Å²) in [5, 5.41) is 3.58. The Balaban J connectivity index is 1.19. The normalized spacial score (nSPS) is 19.0. The lowest BCUT2D eigenvalue weighted by Crippen LogP contribution is -2.46. The SMILES string of the molecule is Cc1cc2ncc(CN3CCN(c4ccc(C(=O)N[C@@H]5CCOC5)cc4Cl)CC3)cc2[nH]c1=O. The standard InChI is InChI=1S/C25H28ClN5O3/c1-16-10-21-22(29-24(16)32)11-17(13-27-21)14-30-5-7-31(8-6-30)23-3-2-18(12-20(23)26)25(33)28-19-4-9-34-15-19/h2-3,10-13,19H,4-9,14-15H2,1H3,(H,28,33)(H,29,32)/t19-/m1/s1. The van der Waals surface area contributed by atoms with Crippen LogP contribution in [0, 0.1) is 6.92 Å². The number of ether oxygens (including phenoxy) is 1. The predicted octanol–water partition coefficient (Wildman–Crippen LogP) is 2.73. The minimum absolute atomic E-state index is 0.0706. The molecule has 0 unspecified atom stereocenters. The Bertz CT molecular complexity index is 1260. The van der Waals surface area contributed by atoms with Crippen molar-refractivity contribution in [1.29, 1.82) is 0 Å². The highest BCUT2D eigenvalue weighted by Crippen LogP contribution is 2.28. The molecule has 9 heteroatoms. The maximum absolute atomic E-state index is 12.5. The van der Waals surface area contributed by atoms with Crippen molar-refractivity contribution in [3.05, 3.63) is 68.6 Å². The summed E-state index contributed by atoms with van der Waals surface area (Å²) in [6, 6.07) is 9.41. The summed E-state index contributed by atoms with van der Waals surface area (Å²) in [7, 11) is 0. The molecule has 0 bridgehead atoms. The lowest BCUT2D eigenvalue weighted by molar-refractivity contribution is 0.0930. The third-order valence-corrected chi connectivity index (χ3v) is 6.83. The van der Waals surface area contributed by atoms with Crippen LogP contribution in [0.1, 0.15) is 27.9 Å². The highest BCUT2D eigenvalue weighted by molar-refractivity contribution is 6.33. The zero-order chi connectivity index (χ0) is 23.7. The van der Waals surface area contributed by atoms with Gasteiger partial charge in [-0.3, -0.25) is 19.5 Å². The van der Waals surface area contributed by atoms with Gasteiger partial charge in [0.1, 0.15) is 0 Å². The smallest absolute Gasteiger partial charge is 0.251 e. The molecule has 178 valence electrons.